The smallest absolute Gasteiger partial charge is 0.232 e. The lowest BCUT2D eigenvalue weighted by Gasteiger charge is -2.08. The number of methoxy groups -OCH3 is 2. The average Bonchev–Trinajstić information content (AvgIpc) is 2.52. The van der Waals surface area contributed by atoms with Gasteiger partial charge in [0.1, 0.15) is 10.0 Å². The van der Waals surface area contributed by atoms with E-state index in [1.807, 2.05) is 33.8 Å². The van der Waals surface area contributed by atoms with E-state index >= 15 is 0 Å². The second-order valence-corrected chi connectivity index (χ2v) is 6.41. The third kappa shape index (κ3) is 4.96. The number of rotatable bonds is 2. The summed E-state index contributed by atoms with van der Waals surface area (Å²) in [6, 6.07) is 1.92. The monoisotopic (exact) mass is 420 g/mol. The van der Waals surface area contributed by atoms with E-state index in [1.165, 1.54) is 0 Å². The van der Waals surface area contributed by atoms with Crippen LogP contribution in [0.25, 0.3) is 0 Å². The molecule has 0 aromatic carbocycles. The molecule has 0 fully saturated rings. The molecule has 0 N–H and O–H groups in total. The summed E-state index contributed by atoms with van der Waals surface area (Å²) >= 11 is 15.2. The predicted molar refractivity (Wildman–Crippen MR) is 98.2 cm³/mol. The van der Waals surface area contributed by atoms with Crippen LogP contribution in [0.1, 0.15) is 22.5 Å². The molecule has 0 unspecified atom stereocenters. The number of pyridine rings is 2. The van der Waals surface area contributed by atoms with Crippen molar-refractivity contribution in [3.63, 3.8) is 0 Å². The molecule has 0 radical (unpaired) electrons. The lowest BCUT2D eigenvalue weighted by atomic mass is 10.2. The van der Waals surface area contributed by atoms with Crippen LogP contribution < -0.4 is 9.47 Å². The Morgan fingerprint density at radius 3 is 1.96 bits per heavy atom. The van der Waals surface area contributed by atoms with Gasteiger partial charge in [0.2, 0.25) is 11.8 Å². The number of hydrogen-bond acceptors (Lipinski definition) is 4. The molecule has 0 amide bonds. The second kappa shape index (κ2) is 8.71. The van der Waals surface area contributed by atoms with Crippen molar-refractivity contribution in [3.8, 4) is 11.8 Å². The zero-order chi connectivity index (χ0) is 17.7. The maximum atomic E-state index is 5.95. The van der Waals surface area contributed by atoms with Gasteiger partial charge in [0.25, 0.3) is 0 Å². The Balaban J connectivity index is 0.000000231. The van der Waals surface area contributed by atoms with Crippen molar-refractivity contribution in [3.05, 3.63) is 43.1 Å². The summed E-state index contributed by atoms with van der Waals surface area (Å²) in [7, 11) is 3.12. The summed E-state index contributed by atoms with van der Waals surface area (Å²) in [4.78, 5) is 8.25. The molecule has 0 spiro atoms. The molecule has 23 heavy (non-hydrogen) atoms. The first-order chi connectivity index (χ1) is 10.7. The van der Waals surface area contributed by atoms with Gasteiger partial charge in [-0.1, -0.05) is 23.2 Å². The number of halogens is 3. The van der Waals surface area contributed by atoms with E-state index in [-0.39, 0.29) is 0 Å². The first-order valence-corrected chi connectivity index (χ1v) is 8.31. The highest BCUT2D eigenvalue weighted by molar-refractivity contribution is 9.10. The highest BCUT2D eigenvalue weighted by Crippen LogP contribution is 2.32. The van der Waals surface area contributed by atoms with Gasteiger partial charge < -0.3 is 9.47 Å². The van der Waals surface area contributed by atoms with E-state index in [1.54, 1.807) is 14.2 Å². The molecule has 2 rings (SSSR count). The fourth-order valence-corrected chi connectivity index (χ4v) is 2.62. The number of ether oxygens (including phenoxy) is 2. The van der Waals surface area contributed by atoms with Crippen LogP contribution in [-0.2, 0) is 0 Å². The lowest BCUT2D eigenvalue weighted by Crippen LogP contribution is -1.95. The zero-order valence-electron chi connectivity index (χ0n) is 13.9. The van der Waals surface area contributed by atoms with Gasteiger partial charge in [0.05, 0.1) is 19.9 Å². The van der Waals surface area contributed by atoms with Gasteiger partial charge >= 0.3 is 0 Å². The third-order valence-corrected chi connectivity index (χ3v) is 5.13. The third-order valence-electron chi connectivity index (χ3n) is 3.06. The minimum atomic E-state index is 0.481. The van der Waals surface area contributed by atoms with Crippen LogP contribution in [0, 0.1) is 27.7 Å². The molecule has 0 aliphatic rings. The fraction of sp³-hybridized carbons (Fsp3) is 0.375. The Bertz CT molecular complexity index is 709. The SMILES string of the molecule is COc1nc(C)c(Br)c(C)c1Cl.COc1nc(C)cc(C)c1Cl. The quantitative estimate of drug-likeness (QED) is 0.643. The van der Waals surface area contributed by atoms with Crippen molar-refractivity contribution >= 4 is 39.1 Å². The predicted octanol–water partition coefficient (Wildman–Crippen LogP) is 5.48. The first-order valence-electron chi connectivity index (χ1n) is 6.76. The van der Waals surface area contributed by atoms with Gasteiger partial charge in [-0.3, -0.25) is 0 Å². The minimum absolute atomic E-state index is 0.481. The van der Waals surface area contributed by atoms with Crippen LogP contribution in [0.5, 0.6) is 11.8 Å². The van der Waals surface area contributed by atoms with Crippen LogP contribution in [0.4, 0.5) is 0 Å². The first kappa shape index (κ1) is 20.0. The summed E-state index contributed by atoms with van der Waals surface area (Å²) in [5.41, 5.74) is 3.76. The van der Waals surface area contributed by atoms with Gasteiger partial charge in [-0.15, -0.1) is 0 Å². The van der Waals surface area contributed by atoms with Crippen LogP contribution in [-0.4, -0.2) is 24.2 Å². The Hall–Kier alpha value is -1.04. The highest BCUT2D eigenvalue weighted by atomic mass is 79.9. The summed E-state index contributed by atoms with van der Waals surface area (Å²) in [6.07, 6.45) is 0. The molecule has 2 aromatic heterocycles. The average molecular weight is 422 g/mol. The summed E-state index contributed by atoms with van der Waals surface area (Å²) in [5.74, 6) is 0.985. The molecule has 0 aliphatic heterocycles. The van der Waals surface area contributed by atoms with Gasteiger partial charge in [-0.25, -0.2) is 9.97 Å². The van der Waals surface area contributed by atoms with Crippen LogP contribution in [0.15, 0.2) is 10.5 Å². The topological polar surface area (TPSA) is 44.2 Å². The normalized spacial score (nSPS) is 9.96. The number of aromatic nitrogens is 2. The van der Waals surface area contributed by atoms with Crippen molar-refractivity contribution < 1.29 is 9.47 Å². The number of hydrogen-bond donors (Lipinski definition) is 0. The van der Waals surface area contributed by atoms with E-state index in [9.17, 15) is 0 Å². The largest absolute Gasteiger partial charge is 0.480 e. The van der Waals surface area contributed by atoms with Crippen molar-refractivity contribution in [2.75, 3.05) is 14.2 Å². The molecule has 4 nitrogen and oxygen atoms in total. The summed E-state index contributed by atoms with van der Waals surface area (Å²) in [6.45, 7) is 7.66. The summed E-state index contributed by atoms with van der Waals surface area (Å²) < 4.78 is 10.9. The molecule has 0 saturated carbocycles. The second-order valence-electron chi connectivity index (χ2n) is 4.86. The molecule has 0 saturated heterocycles. The molecule has 0 bridgehead atoms. The molecule has 0 atom stereocenters. The van der Waals surface area contributed by atoms with Crippen molar-refractivity contribution in [2.45, 2.75) is 27.7 Å². The van der Waals surface area contributed by atoms with E-state index in [4.69, 9.17) is 32.7 Å². The van der Waals surface area contributed by atoms with Gasteiger partial charge in [-0.2, -0.15) is 0 Å². The van der Waals surface area contributed by atoms with Gasteiger partial charge in [0, 0.05) is 10.2 Å². The molecule has 0 aliphatic carbocycles. The number of aryl methyl sites for hydroxylation is 3. The van der Waals surface area contributed by atoms with Gasteiger partial charge in [0.15, 0.2) is 0 Å². The van der Waals surface area contributed by atoms with Crippen LogP contribution >= 0.6 is 39.1 Å². The van der Waals surface area contributed by atoms with Crippen LogP contribution in [0.2, 0.25) is 10.0 Å². The minimum Gasteiger partial charge on any atom is -0.480 e. The Labute approximate surface area is 155 Å². The van der Waals surface area contributed by atoms with E-state index < -0.39 is 0 Å². The van der Waals surface area contributed by atoms with E-state index in [0.29, 0.717) is 21.8 Å². The van der Waals surface area contributed by atoms with Crippen molar-refractivity contribution in [1.82, 2.24) is 9.97 Å². The van der Waals surface area contributed by atoms with E-state index in [2.05, 4.69) is 25.9 Å². The standard InChI is InChI=1S/C8H9BrClNO.C8H10ClNO/c1-4-6(9)5(2)11-8(12-3)7(4)10;1-5-4-6(2)10-8(11-3)7(5)9/h1-3H3;4H,1-3H3. The number of nitrogens with zero attached hydrogens (tertiary/aromatic N) is 2. The summed E-state index contributed by atoms with van der Waals surface area (Å²) in [5, 5.41) is 1.16. The zero-order valence-corrected chi connectivity index (χ0v) is 17.0. The molecular formula is C16H19BrCl2N2O2. The molecule has 7 heteroatoms. The highest BCUT2D eigenvalue weighted by Gasteiger charge is 2.11. The molecule has 2 heterocycles. The lowest BCUT2D eigenvalue weighted by molar-refractivity contribution is 0.396. The molecule has 126 valence electrons. The van der Waals surface area contributed by atoms with Crippen molar-refractivity contribution in [2.24, 2.45) is 0 Å². The molecule has 2 aromatic rings. The fourth-order valence-electron chi connectivity index (χ4n) is 1.84. The maximum Gasteiger partial charge on any atom is 0.232 e. The molecular weight excluding hydrogens is 403 g/mol. The Morgan fingerprint density at radius 1 is 0.913 bits per heavy atom. The van der Waals surface area contributed by atoms with Crippen molar-refractivity contribution in [1.29, 1.82) is 0 Å². The maximum absolute atomic E-state index is 5.95. The Kier molecular flexibility index (Phi) is 7.58. The van der Waals surface area contributed by atoms with E-state index in [0.717, 1.165) is 27.0 Å². The Morgan fingerprint density at radius 2 is 1.43 bits per heavy atom. The van der Waals surface area contributed by atoms with Crippen LogP contribution in [0.3, 0.4) is 0 Å². The van der Waals surface area contributed by atoms with Gasteiger partial charge in [-0.05, 0) is 60.8 Å².